The average Bonchev–Trinajstić information content (AvgIpc) is 3.48. The van der Waals surface area contributed by atoms with Crippen molar-refractivity contribution >= 4 is 29.4 Å². The standard InChI is InChI=1S/C19H23N3O5/c1-12(23)21-7-9-22(10-8-21)18(25)16-11-15(16)17(24)20-14-5-3-13(4-6-14)19(26)27-2/h3-6,15-16H,7-11H2,1-2H3,(H,20,24). The van der Waals surface area contributed by atoms with Crippen LogP contribution in [0.5, 0.6) is 0 Å². The van der Waals surface area contributed by atoms with Crippen LogP contribution in [0, 0.1) is 11.8 Å². The third kappa shape index (κ3) is 4.27. The highest BCUT2D eigenvalue weighted by atomic mass is 16.5. The number of hydrogen-bond donors (Lipinski definition) is 1. The van der Waals surface area contributed by atoms with Crippen LogP contribution in [0.15, 0.2) is 24.3 Å². The van der Waals surface area contributed by atoms with E-state index in [2.05, 4.69) is 10.1 Å². The second-order valence-electron chi connectivity index (χ2n) is 6.84. The second-order valence-corrected chi connectivity index (χ2v) is 6.84. The van der Waals surface area contributed by atoms with E-state index in [0.717, 1.165) is 0 Å². The van der Waals surface area contributed by atoms with Crippen LogP contribution < -0.4 is 5.32 Å². The highest BCUT2D eigenvalue weighted by Gasteiger charge is 2.49. The van der Waals surface area contributed by atoms with Crippen LogP contribution in [0.1, 0.15) is 23.7 Å². The van der Waals surface area contributed by atoms with Gasteiger partial charge >= 0.3 is 5.97 Å². The number of rotatable bonds is 4. The summed E-state index contributed by atoms with van der Waals surface area (Å²) in [5.41, 5.74) is 0.973. The van der Waals surface area contributed by atoms with E-state index in [4.69, 9.17) is 0 Å². The van der Waals surface area contributed by atoms with Crippen molar-refractivity contribution in [2.45, 2.75) is 13.3 Å². The number of methoxy groups -OCH3 is 1. The quantitative estimate of drug-likeness (QED) is 0.786. The lowest BCUT2D eigenvalue weighted by Gasteiger charge is -2.34. The van der Waals surface area contributed by atoms with Crippen molar-refractivity contribution in [3.05, 3.63) is 29.8 Å². The first-order chi connectivity index (χ1) is 12.9. The van der Waals surface area contributed by atoms with Gasteiger partial charge in [0.25, 0.3) is 0 Å². The summed E-state index contributed by atoms with van der Waals surface area (Å²) in [6.45, 7) is 3.63. The topological polar surface area (TPSA) is 96.0 Å². The van der Waals surface area contributed by atoms with Gasteiger partial charge in [-0.3, -0.25) is 14.4 Å². The molecule has 3 amide bonds. The molecule has 144 valence electrons. The van der Waals surface area contributed by atoms with Crippen LogP contribution in [-0.4, -0.2) is 66.8 Å². The first kappa shape index (κ1) is 18.9. The van der Waals surface area contributed by atoms with Gasteiger partial charge in [-0.05, 0) is 30.7 Å². The van der Waals surface area contributed by atoms with Crippen molar-refractivity contribution in [2.24, 2.45) is 11.8 Å². The number of ether oxygens (including phenoxy) is 1. The third-order valence-corrected chi connectivity index (χ3v) is 5.05. The molecule has 1 heterocycles. The van der Waals surface area contributed by atoms with Gasteiger partial charge in [0.2, 0.25) is 17.7 Å². The number of benzene rings is 1. The Kier molecular flexibility index (Phi) is 5.43. The van der Waals surface area contributed by atoms with Gasteiger partial charge in [-0.15, -0.1) is 0 Å². The molecule has 0 spiro atoms. The molecule has 2 aliphatic rings. The first-order valence-corrected chi connectivity index (χ1v) is 8.94. The summed E-state index contributed by atoms with van der Waals surface area (Å²) in [6.07, 6.45) is 0.540. The smallest absolute Gasteiger partial charge is 0.337 e. The lowest BCUT2D eigenvalue weighted by molar-refractivity contribution is -0.139. The number of nitrogens with one attached hydrogen (secondary N) is 1. The average molecular weight is 373 g/mol. The van der Waals surface area contributed by atoms with Crippen LogP contribution in [0.2, 0.25) is 0 Å². The van der Waals surface area contributed by atoms with Gasteiger partial charge in [-0.2, -0.15) is 0 Å². The van der Waals surface area contributed by atoms with Crippen LogP contribution in [0.4, 0.5) is 5.69 Å². The lowest BCUT2D eigenvalue weighted by atomic mass is 10.2. The summed E-state index contributed by atoms with van der Waals surface area (Å²) in [4.78, 5) is 51.1. The van der Waals surface area contributed by atoms with Crippen molar-refractivity contribution in [2.75, 3.05) is 38.6 Å². The zero-order chi connectivity index (χ0) is 19.6. The Morgan fingerprint density at radius 1 is 0.963 bits per heavy atom. The SMILES string of the molecule is COC(=O)c1ccc(NC(=O)C2CC2C(=O)N2CCN(C(C)=O)CC2)cc1. The van der Waals surface area contributed by atoms with Crippen LogP contribution in [0.3, 0.4) is 0 Å². The molecule has 8 heteroatoms. The fourth-order valence-corrected chi connectivity index (χ4v) is 3.28. The molecule has 27 heavy (non-hydrogen) atoms. The van der Waals surface area contributed by atoms with Gasteiger partial charge in [0.05, 0.1) is 24.5 Å². The summed E-state index contributed by atoms with van der Waals surface area (Å²) >= 11 is 0. The number of carbonyl (C=O) groups is 4. The summed E-state index contributed by atoms with van der Waals surface area (Å²) in [5.74, 6) is -1.25. The van der Waals surface area contributed by atoms with Crippen molar-refractivity contribution in [1.29, 1.82) is 0 Å². The fourth-order valence-electron chi connectivity index (χ4n) is 3.28. The van der Waals surface area contributed by atoms with Gasteiger partial charge in [0.15, 0.2) is 0 Å². The predicted molar refractivity (Wildman–Crippen MR) is 96.8 cm³/mol. The van der Waals surface area contributed by atoms with Gasteiger partial charge in [0.1, 0.15) is 0 Å². The highest BCUT2D eigenvalue weighted by Crippen LogP contribution is 2.41. The number of amides is 3. The van der Waals surface area contributed by atoms with Gasteiger partial charge in [-0.25, -0.2) is 4.79 Å². The Balaban J connectivity index is 1.49. The Morgan fingerprint density at radius 3 is 2.11 bits per heavy atom. The molecule has 1 aliphatic carbocycles. The molecule has 1 aromatic carbocycles. The number of nitrogens with zero attached hydrogens (tertiary/aromatic N) is 2. The van der Waals surface area contributed by atoms with E-state index in [9.17, 15) is 19.2 Å². The predicted octanol–water partition coefficient (Wildman–Crippen LogP) is 0.738. The lowest BCUT2D eigenvalue weighted by Crippen LogP contribution is -2.50. The second kappa shape index (κ2) is 7.77. The Morgan fingerprint density at radius 2 is 1.56 bits per heavy atom. The molecule has 2 unspecified atom stereocenters. The number of hydrogen-bond acceptors (Lipinski definition) is 5. The molecule has 2 fully saturated rings. The minimum absolute atomic E-state index is 0.0145. The highest BCUT2D eigenvalue weighted by molar-refractivity contribution is 6.00. The number of carbonyl (C=O) groups excluding carboxylic acids is 4. The molecule has 1 saturated heterocycles. The van der Waals surface area contributed by atoms with Crippen LogP contribution in [-0.2, 0) is 19.1 Å². The summed E-state index contributed by atoms with van der Waals surface area (Å²) < 4.78 is 4.63. The minimum Gasteiger partial charge on any atom is -0.465 e. The Labute approximate surface area is 157 Å². The molecule has 0 aromatic heterocycles. The van der Waals surface area contributed by atoms with Crippen molar-refractivity contribution in [3.8, 4) is 0 Å². The Hall–Kier alpha value is -2.90. The monoisotopic (exact) mass is 373 g/mol. The maximum atomic E-state index is 12.5. The zero-order valence-corrected chi connectivity index (χ0v) is 15.4. The van der Waals surface area contributed by atoms with Gasteiger partial charge < -0.3 is 19.9 Å². The molecule has 3 rings (SSSR count). The number of esters is 1. The van der Waals surface area contributed by atoms with Gasteiger partial charge in [-0.1, -0.05) is 0 Å². The maximum Gasteiger partial charge on any atom is 0.337 e. The third-order valence-electron chi connectivity index (χ3n) is 5.05. The molecule has 8 nitrogen and oxygen atoms in total. The summed E-state index contributed by atoms with van der Waals surface area (Å²) in [6, 6.07) is 6.41. The normalized spacial score (nSPS) is 21.4. The van der Waals surface area contributed by atoms with E-state index in [-0.39, 0.29) is 29.6 Å². The molecule has 1 saturated carbocycles. The maximum absolute atomic E-state index is 12.5. The minimum atomic E-state index is -0.439. The molecule has 2 atom stereocenters. The summed E-state index contributed by atoms with van der Waals surface area (Å²) in [5, 5.41) is 2.78. The number of piperazine rings is 1. The Bertz CT molecular complexity index is 753. The fraction of sp³-hybridized carbons (Fsp3) is 0.474. The van der Waals surface area contributed by atoms with Crippen molar-refractivity contribution < 1.29 is 23.9 Å². The molecular formula is C19H23N3O5. The molecule has 1 aliphatic heterocycles. The van der Waals surface area contributed by atoms with Crippen molar-refractivity contribution in [1.82, 2.24) is 9.80 Å². The number of anilines is 1. The molecule has 1 N–H and O–H groups in total. The molecular weight excluding hydrogens is 350 g/mol. The van der Waals surface area contributed by atoms with Crippen molar-refractivity contribution in [3.63, 3.8) is 0 Å². The molecule has 0 bridgehead atoms. The van der Waals surface area contributed by atoms with Gasteiger partial charge in [0, 0.05) is 38.8 Å². The van der Waals surface area contributed by atoms with E-state index >= 15 is 0 Å². The van der Waals surface area contributed by atoms with E-state index in [1.807, 2.05) is 0 Å². The zero-order valence-electron chi connectivity index (χ0n) is 15.4. The summed E-state index contributed by atoms with van der Waals surface area (Å²) in [7, 11) is 1.31. The van der Waals surface area contributed by atoms with Crippen LogP contribution in [0.25, 0.3) is 0 Å². The first-order valence-electron chi connectivity index (χ1n) is 8.94. The molecule has 1 aromatic rings. The molecule has 0 radical (unpaired) electrons. The van der Waals surface area contributed by atoms with E-state index in [1.165, 1.54) is 14.0 Å². The van der Waals surface area contributed by atoms with E-state index in [0.29, 0.717) is 43.9 Å². The van der Waals surface area contributed by atoms with E-state index < -0.39 is 5.97 Å². The van der Waals surface area contributed by atoms with Crippen LogP contribution >= 0.6 is 0 Å². The van der Waals surface area contributed by atoms with E-state index in [1.54, 1.807) is 34.1 Å². The largest absolute Gasteiger partial charge is 0.465 e.